The molecule has 9 heteroatoms. The molecule has 0 spiro atoms. The summed E-state index contributed by atoms with van der Waals surface area (Å²) >= 11 is 0. The lowest BCUT2D eigenvalue weighted by Gasteiger charge is -2.26. The predicted octanol–water partition coefficient (Wildman–Crippen LogP) is 4.05. The highest BCUT2D eigenvalue weighted by Gasteiger charge is 2.37. The highest BCUT2D eigenvalue weighted by Crippen LogP contribution is 2.42. The van der Waals surface area contributed by atoms with Gasteiger partial charge in [0.1, 0.15) is 17.2 Å². The fourth-order valence-electron chi connectivity index (χ4n) is 4.68. The van der Waals surface area contributed by atoms with Crippen molar-refractivity contribution in [2.24, 2.45) is 0 Å². The van der Waals surface area contributed by atoms with Gasteiger partial charge in [-0.25, -0.2) is 14.6 Å². The van der Waals surface area contributed by atoms with Crippen molar-refractivity contribution in [3.05, 3.63) is 29.7 Å². The van der Waals surface area contributed by atoms with Crippen molar-refractivity contribution in [2.45, 2.75) is 62.7 Å². The van der Waals surface area contributed by atoms with E-state index in [9.17, 15) is 13.2 Å². The molecule has 2 saturated carbocycles. The summed E-state index contributed by atoms with van der Waals surface area (Å²) in [5.74, 6) is 1.50. The number of alkyl halides is 3. The molecule has 2 atom stereocenters. The topological polar surface area (TPSA) is 56.1 Å². The van der Waals surface area contributed by atoms with Crippen LogP contribution in [0.4, 0.5) is 13.2 Å². The summed E-state index contributed by atoms with van der Waals surface area (Å²) in [6.45, 7) is 3.64. The smallest absolute Gasteiger partial charge is 0.380 e. The van der Waals surface area contributed by atoms with E-state index in [0.29, 0.717) is 17.9 Å². The molecule has 162 valence electrons. The van der Waals surface area contributed by atoms with Crippen LogP contribution in [0, 0.1) is 0 Å². The number of nitrogens with zero attached hydrogens (tertiary/aromatic N) is 5. The van der Waals surface area contributed by atoms with Gasteiger partial charge >= 0.3 is 6.18 Å². The van der Waals surface area contributed by atoms with Crippen LogP contribution in [0.3, 0.4) is 0 Å². The Morgan fingerprint density at radius 3 is 2.60 bits per heavy atom. The van der Waals surface area contributed by atoms with E-state index in [-0.39, 0.29) is 11.6 Å². The van der Waals surface area contributed by atoms with Gasteiger partial charge in [0.15, 0.2) is 5.82 Å². The summed E-state index contributed by atoms with van der Waals surface area (Å²) in [4.78, 5) is 11.0. The Bertz CT molecular complexity index is 887. The van der Waals surface area contributed by atoms with Gasteiger partial charge in [0, 0.05) is 31.7 Å². The molecule has 3 aliphatic rings. The van der Waals surface area contributed by atoms with E-state index in [2.05, 4.69) is 15.0 Å². The van der Waals surface area contributed by atoms with Crippen LogP contribution in [0.15, 0.2) is 18.2 Å². The van der Waals surface area contributed by atoms with E-state index in [1.54, 1.807) is 6.07 Å². The molecular weight excluding hydrogens is 395 g/mol. The Kier molecular flexibility index (Phi) is 5.26. The van der Waals surface area contributed by atoms with Crippen LogP contribution in [0.5, 0.6) is 0 Å². The van der Waals surface area contributed by atoms with E-state index in [4.69, 9.17) is 9.72 Å². The maximum absolute atomic E-state index is 13.1. The number of hydrogen-bond donors (Lipinski definition) is 0. The number of pyridine rings is 1. The van der Waals surface area contributed by atoms with Crippen LogP contribution >= 0.6 is 0 Å². The lowest BCUT2D eigenvalue weighted by molar-refractivity contribution is -0.141. The molecule has 0 bridgehead atoms. The molecule has 0 amide bonds. The van der Waals surface area contributed by atoms with Gasteiger partial charge in [0.25, 0.3) is 0 Å². The molecule has 1 aliphatic heterocycles. The van der Waals surface area contributed by atoms with E-state index in [1.165, 1.54) is 6.07 Å². The Hall–Kier alpha value is -2.00. The molecule has 5 rings (SSSR count). The van der Waals surface area contributed by atoms with E-state index in [1.807, 2.05) is 4.68 Å². The third-order valence-electron chi connectivity index (χ3n) is 6.36. The molecule has 3 fully saturated rings. The van der Waals surface area contributed by atoms with E-state index < -0.39 is 11.9 Å². The molecule has 0 unspecified atom stereocenters. The molecule has 2 aromatic rings. The van der Waals surface area contributed by atoms with Crippen molar-refractivity contribution in [1.29, 1.82) is 0 Å². The standard InChI is InChI=1S/C21H26F3N5O/c22-21(23,24)18-4-1-3-17(25-18)19-26-20(29(27-19)15-7-8-15)14-5-6-16(13-14)28-9-2-11-30-12-10-28/h1,3-4,14-16H,2,5-13H2/t14-,16+/m1/s1. The van der Waals surface area contributed by atoms with Gasteiger partial charge < -0.3 is 4.74 Å². The normalized spacial score (nSPS) is 26.1. The lowest BCUT2D eigenvalue weighted by Crippen LogP contribution is -2.35. The summed E-state index contributed by atoms with van der Waals surface area (Å²) in [6.07, 6.45) is 1.83. The van der Waals surface area contributed by atoms with Crippen molar-refractivity contribution in [3.8, 4) is 11.5 Å². The lowest BCUT2D eigenvalue weighted by atomic mass is 10.1. The first kappa shape index (κ1) is 19.9. The molecule has 30 heavy (non-hydrogen) atoms. The summed E-state index contributed by atoms with van der Waals surface area (Å²) in [7, 11) is 0. The van der Waals surface area contributed by atoms with Crippen LogP contribution in [-0.2, 0) is 10.9 Å². The molecule has 3 heterocycles. The predicted molar refractivity (Wildman–Crippen MR) is 104 cm³/mol. The fourth-order valence-corrected chi connectivity index (χ4v) is 4.68. The summed E-state index contributed by atoms with van der Waals surface area (Å²) < 4.78 is 46.8. The zero-order valence-corrected chi connectivity index (χ0v) is 16.8. The van der Waals surface area contributed by atoms with Crippen molar-refractivity contribution in [2.75, 3.05) is 26.3 Å². The van der Waals surface area contributed by atoms with Gasteiger partial charge in [-0.2, -0.15) is 13.2 Å². The number of hydrogen-bond acceptors (Lipinski definition) is 5. The molecule has 2 aromatic heterocycles. The molecule has 2 aliphatic carbocycles. The minimum absolute atomic E-state index is 0.185. The molecule has 0 aromatic carbocycles. The van der Waals surface area contributed by atoms with E-state index >= 15 is 0 Å². The minimum Gasteiger partial charge on any atom is -0.380 e. The summed E-state index contributed by atoms with van der Waals surface area (Å²) in [5.41, 5.74) is -0.724. The van der Waals surface area contributed by atoms with Crippen molar-refractivity contribution in [3.63, 3.8) is 0 Å². The monoisotopic (exact) mass is 421 g/mol. The maximum atomic E-state index is 13.1. The van der Waals surface area contributed by atoms with Gasteiger partial charge in [-0.05, 0) is 50.7 Å². The fraction of sp³-hybridized carbons (Fsp3) is 0.667. The van der Waals surface area contributed by atoms with Gasteiger partial charge in [-0.15, -0.1) is 5.10 Å². The van der Waals surface area contributed by atoms with E-state index in [0.717, 1.165) is 76.7 Å². The Labute approximate surface area is 173 Å². The summed E-state index contributed by atoms with van der Waals surface area (Å²) in [6, 6.07) is 4.74. The van der Waals surface area contributed by atoms with Crippen LogP contribution < -0.4 is 0 Å². The second kappa shape index (κ2) is 7.92. The van der Waals surface area contributed by atoms with Gasteiger partial charge in [-0.1, -0.05) is 6.07 Å². The van der Waals surface area contributed by atoms with Gasteiger partial charge in [-0.3, -0.25) is 4.90 Å². The average Bonchev–Trinajstić information content (AvgIpc) is 3.39. The van der Waals surface area contributed by atoms with Crippen LogP contribution in [-0.4, -0.2) is 57.0 Å². The van der Waals surface area contributed by atoms with Crippen molar-refractivity contribution >= 4 is 0 Å². The minimum atomic E-state index is -4.48. The second-order valence-electron chi connectivity index (χ2n) is 8.54. The summed E-state index contributed by atoms with van der Waals surface area (Å²) in [5, 5.41) is 4.60. The number of halogens is 3. The highest BCUT2D eigenvalue weighted by molar-refractivity contribution is 5.49. The van der Waals surface area contributed by atoms with Gasteiger partial charge in [0.05, 0.1) is 12.6 Å². The van der Waals surface area contributed by atoms with Crippen molar-refractivity contribution in [1.82, 2.24) is 24.6 Å². The Morgan fingerprint density at radius 1 is 0.967 bits per heavy atom. The second-order valence-corrected chi connectivity index (χ2v) is 8.54. The molecule has 0 radical (unpaired) electrons. The first-order chi connectivity index (χ1) is 14.5. The van der Waals surface area contributed by atoms with Crippen LogP contribution in [0.1, 0.15) is 62.0 Å². The zero-order chi connectivity index (χ0) is 20.7. The number of ether oxygens (including phenoxy) is 1. The number of rotatable bonds is 4. The highest BCUT2D eigenvalue weighted by atomic mass is 19.4. The van der Waals surface area contributed by atoms with Crippen LogP contribution in [0.2, 0.25) is 0 Å². The Morgan fingerprint density at radius 2 is 1.80 bits per heavy atom. The maximum Gasteiger partial charge on any atom is 0.433 e. The molecule has 6 nitrogen and oxygen atoms in total. The van der Waals surface area contributed by atoms with Crippen LogP contribution in [0.25, 0.3) is 11.5 Å². The molecule has 0 N–H and O–H groups in total. The quantitative estimate of drug-likeness (QED) is 0.746. The Balaban J connectivity index is 1.39. The third kappa shape index (κ3) is 4.09. The first-order valence-corrected chi connectivity index (χ1v) is 10.8. The molecule has 1 saturated heterocycles. The molecular formula is C21H26F3N5O. The first-order valence-electron chi connectivity index (χ1n) is 10.8. The third-order valence-corrected chi connectivity index (χ3v) is 6.36. The zero-order valence-electron chi connectivity index (χ0n) is 16.8. The SMILES string of the molecule is FC(F)(F)c1cccc(-c2nc([C@@H]3CC[C@H](N4CCCOCC4)C3)n(C3CC3)n2)n1. The van der Waals surface area contributed by atoms with Gasteiger partial charge in [0.2, 0.25) is 0 Å². The van der Waals surface area contributed by atoms with Crippen molar-refractivity contribution < 1.29 is 17.9 Å². The average molecular weight is 421 g/mol. The largest absolute Gasteiger partial charge is 0.433 e. The number of aromatic nitrogens is 4.